The molecular formula is C24H35NO. The molecule has 0 aliphatic rings. The largest absolute Gasteiger partial charge is 0.374 e. The molecule has 0 aliphatic carbocycles. The molecule has 0 spiro atoms. The van der Waals surface area contributed by atoms with E-state index in [1.54, 1.807) is 0 Å². The van der Waals surface area contributed by atoms with E-state index in [0.29, 0.717) is 0 Å². The predicted molar refractivity (Wildman–Crippen MR) is 114 cm³/mol. The van der Waals surface area contributed by atoms with E-state index < -0.39 is 0 Å². The lowest BCUT2D eigenvalue weighted by atomic mass is 10.1. The van der Waals surface area contributed by atoms with Crippen LogP contribution in [0, 0.1) is 20.8 Å². The van der Waals surface area contributed by atoms with Crippen LogP contribution in [-0.4, -0.2) is 18.8 Å². The number of aryl methyl sites for hydroxylation is 3. The van der Waals surface area contributed by atoms with Gasteiger partial charge in [-0.25, -0.2) is 0 Å². The zero-order valence-corrected chi connectivity index (χ0v) is 17.4. The minimum atomic E-state index is 0.233. The Bertz CT molecular complexity index is 675. The number of benzene rings is 2. The van der Waals surface area contributed by atoms with Gasteiger partial charge in [0.2, 0.25) is 0 Å². The fraction of sp³-hybridized carbons (Fsp3) is 0.500. The number of anilines is 2. The number of ether oxygens (including phenoxy) is 1. The maximum atomic E-state index is 6.27. The first-order valence-corrected chi connectivity index (χ1v) is 9.97. The number of hydrogen-bond acceptors (Lipinski definition) is 2. The molecule has 0 saturated carbocycles. The van der Waals surface area contributed by atoms with Crippen LogP contribution in [0.1, 0.15) is 56.7 Å². The summed E-state index contributed by atoms with van der Waals surface area (Å²) in [6, 6.07) is 15.5. The quantitative estimate of drug-likeness (QED) is 0.495. The van der Waals surface area contributed by atoms with Crippen molar-refractivity contribution in [1.82, 2.24) is 0 Å². The summed E-state index contributed by atoms with van der Waals surface area (Å²) in [5.74, 6) is 0. The molecule has 2 aromatic carbocycles. The smallest absolute Gasteiger partial charge is 0.0757 e. The highest BCUT2D eigenvalue weighted by molar-refractivity contribution is 5.67. The summed E-state index contributed by atoms with van der Waals surface area (Å²) in [5.41, 5.74) is 6.40. The fourth-order valence-electron chi connectivity index (χ4n) is 3.40. The molecule has 0 N–H and O–H groups in total. The molecule has 0 radical (unpaired) electrons. The second-order valence-electron chi connectivity index (χ2n) is 7.69. The number of rotatable bonds is 9. The van der Waals surface area contributed by atoms with Crippen molar-refractivity contribution in [3.63, 3.8) is 0 Å². The van der Waals surface area contributed by atoms with Crippen LogP contribution in [0.2, 0.25) is 0 Å². The minimum Gasteiger partial charge on any atom is -0.374 e. The molecule has 2 nitrogen and oxygen atoms in total. The lowest BCUT2D eigenvalue weighted by molar-refractivity contribution is 0.00767. The van der Waals surface area contributed by atoms with E-state index in [-0.39, 0.29) is 12.2 Å². The third-order valence-electron chi connectivity index (χ3n) is 4.72. The Morgan fingerprint density at radius 3 is 2.15 bits per heavy atom. The molecule has 0 saturated heterocycles. The van der Waals surface area contributed by atoms with Gasteiger partial charge in [0.25, 0.3) is 0 Å². The Labute approximate surface area is 160 Å². The topological polar surface area (TPSA) is 12.5 Å². The van der Waals surface area contributed by atoms with E-state index in [2.05, 4.69) is 88.9 Å². The SMILES string of the molecule is CCCCC(CN(c1ccc(C)cc1)c1ccc(C)cc1C)OC(C)C. The van der Waals surface area contributed by atoms with Gasteiger partial charge in [0.1, 0.15) is 0 Å². The lowest BCUT2D eigenvalue weighted by Gasteiger charge is -2.32. The van der Waals surface area contributed by atoms with Crippen LogP contribution < -0.4 is 4.90 Å². The second kappa shape index (κ2) is 9.78. The van der Waals surface area contributed by atoms with Crippen LogP contribution in [-0.2, 0) is 4.74 Å². The highest BCUT2D eigenvalue weighted by Gasteiger charge is 2.19. The van der Waals surface area contributed by atoms with Gasteiger partial charge >= 0.3 is 0 Å². The molecule has 0 aromatic heterocycles. The summed E-state index contributed by atoms with van der Waals surface area (Å²) in [6.07, 6.45) is 3.98. The summed E-state index contributed by atoms with van der Waals surface area (Å²) in [6.45, 7) is 13.9. The number of hydrogen-bond donors (Lipinski definition) is 0. The van der Waals surface area contributed by atoms with Crippen molar-refractivity contribution < 1.29 is 4.74 Å². The minimum absolute atomic E-state index is 0.233. The number of nitrogens with zero attached hydrogens (tertiary/aromatic N) is 1. The van der Waals surface area contributed by atoms with Crippen LogP contribution in [0.25, 0.3) is 0 Å². The van der Waals surface area contributed by atoms with E-state index in [9.17, 15) is 0 Å². The van der Waals surface area contributed by atoms with Gasteiger partial charge in [0, 0.05) is 17.9 Å². The van der Waals surface area contributed by atoms with Crippen molar-refractivity contribution in [2.24, 2.45) is 0 Å². The normalized spacial score (nSPS) is 12.4. The maximum absolute atomic E-state index is 6.27. The summed E-state index contributed by atoms with van der Waals surface area (Å²) < 4.78 is 6.27. The third-order valence-corrected chi connectivity index (χ3v) is 4.72. The standard InChI is InChI=1S/C24H35NO/c1-7-8-9-23(26-18(2)3)17-25(22-13-10-19(4)11-14-22)24-15-12-20(5)16-21(24)6/h10-16,18,23H,7-9,17H2,1-6H3. The molecule has 2 rings (SSSR count). The number of unbranched alkanes of at least 4 members (excludes halogenated alkanes) is 1. The van der Waals surface area contributed by atoms with Crippen molar-refractivity contribution in [3.05, 3.63) is 59.2 Å². The van der Waals surface area contributed by atoms with E-state index in [1.807, 2.05) is 0 Å². The lowest BCUT2D eigenvalue weighted by Crippen LogP contribution is -2.33. The van der Waals surface area contributed by atoms with Crippen LogP contribution in [0.4, 0.5) is 11.4 Å². The average Bonchev–Trinajstić information content (AvgIpc) is 2.58. The first-order chi connectivity index (χ1) is 12.4. The molecule has 0 bridgehead atoms. The Hall–Kier alpha value is -1.80. The van der Waals surface area contributed by atoms with Gasteiger partial charge < -0.3 is 9.64 Å². The van der Waals surface area contributed by atoms with Gasteiger partial charge in [-0.1, -0.05) is 55.2 Å². The van der Waals surface area contributed by atoms with Gasteiger partial charge in [0.05, 0.1) is 12.2 Å². The van der Waals surface area contributed by atoms with E-state index in [1.165, 1.54) is 40.9 Å². The summed E-state index contributed by atoms with van der Waals surface area (Å²) in [4.78, 5) is 2.43. The van der Waals surface area contributed by atoms with Crippen molar-refractivity contribution >= 4 is 11.4 Å². The van der Waals surface area contributed by atoms with Crippen LogP contribution in [0.3, 0.4) is 0 Å². The highest BCUT2D eigenvalue weighted by Crippen LogP contribution is 2.30. The molecule has 1 unspecified atom stereocenters. The monoisotopic (exact) mass is 353 g/mol. The predicted octanol–water partition coefficient (Wildman–Crippen LogP) is 6.73. The molecule has 0 aliphatic heterocycles. The van der Waals surface area contributed by atoms with E-state index in [4.69, 9.17) is 4.74 Å². The van der Waals surface area contributed by atoms with E-state index in [0.717, 1.165) is 13.0 Å². The Morgan fingerprint density at radius 1 is 0.923 bits per heavy atom. The van der Waals surface area contributed by atoms with Gasteiger partial charge in [-0.05, 0) is 64.8 Å². The molecule has 2 aromatic rings. The Morgan fingerprint density at radius 2 is 1.58 bits per heavy atom. The van der Waals surface area contributed by atoms with Gasteiger partial charge in [-0.2, -0.15) is 0 Å². The molecule has 142 valence electrons. The average molecular weight is 354 g/mol. The van der Waals surface area contributed by atoms with Gasteiger partial charge in [-0.3, -0.25) is 0 Å². The highest BCUT2D eigenvalue weighted by atomic mass is 16.5. The second-order valence-corrected chi connectivity index (χ2v) is 7.69. The molecule has 0 heterocycles. The Kier molecular flexibility index (Phi) is 7.71. The third kappa shape index (κ3) is 5.88. The zero-order chi connectivity index (χ0) is 19.1. The zero-order valence-electron chi connectivity index (χ0n) is 17.4. The maximum Gasteiger partial charge on any atom is 0.0757 e. The van der Waals surface area contributed by atoms with Gasteiger partial charge in [-0.15, -0.1) is 0 Å². The van der Waals surface area contributed by atoms with Crippen molar-refractivity contribution in [2.75, 3.05) is 11.4 Å². The summed E-state index contributed by atoms with van der Waals surface area (Å²) in [5, 5.41) is 0. The molecule has 1 atom stereocenters. The van der Waals surface area contributed by atoms with Crippen molar-refractivity contribution in [1.29, 1.82) is 0 Å². The summed E-state index contributed by atoms with van der Waals surface area (Å²) >= 11 is 0. The Balaban J connectivity index is 2.36. The van der Waals surface area contributed by atoms with Crippen LogP contribution >= 0.6 is 0 Å². The molecule has 2 heteroatoms. The van der Waals surface area contributed by atoms with Crippen molar-refractivity contribution in [2.45, 2.75) is 73.0 Å². The first-order valence-electron chi connectivity index (χ1n) is 9.97. The van der Waals surface area contributed by atoms with Gasteiger partial charge in [0.15, 0.2) is 0 Å². The van der Waals surface area contributed by atoms with Crippen molar-refractivity contribution in [3.8, 4) is 0 Å². The fourth-order valence-corrected chi connectivity index (χ4v) is 3.40. The molecule has 26 heavy (non-hydrogen) atoms. The molecule has 0 fully saturated rings. The van der Waals surface area contributed by atoms with Crippen LogP contribution in [0.15, 0.2) is 42.5 Å². The molecular weight excluding hydrogens is 318 g/mol. The van der Waals surface area contributed by atoms with Crippen LogP contribution in [0.5, 0.6) is 0 Å². The molecule has 0 amide bonds. The first kappa shape index (κ1) is 20.5. The summed E-state index contributed by atoms with van der Waals surface area (Å²) in [7, 11) is 0. The van der Waals surface area contributed by atoms with E-state index >= 15 is 0 Å².